The number of H-pyrrole nitrogens is 2. The molecule has 0 bridgehead atoms. The van der Waals surface area contributed by atoms with Gasteiger partial charge in [-0.1, -0.05) is 29.8 Å². The second-order valence-electron chi connectivity index (χ2n) is 7.22. The minimum Gasteiger partial charge on any atom is -0.361 e. The predicted octanol–water partition coefficient (Wildman–Crippen LogP) is 5.31. The molecule has 124 valence electrons. The number of aryl methyl sites for hydroxylation is 1. The van der Waals surface area contributed by atoms with Crippen LogP contribution in [0.4, 0.5) is 0 Å². The largest absolute Gasteiger partial charge is 0.361 e. The fraction of sp³-hybridized carbons (Fsp3) is 0.227. The van der Waals surface area contributed by atoms with Crippen LogP contribution in [0.2, 0.25) is 0 Å². The molecule has 1 unspecified atom stereocenters. The zero-order valence-electron chi connectivity index (χ0n) is 14.2. The first-order chi connectivity index (χ1) is 12.3. The molecule has 3 nitrogen and oxygen atoms in total. The molecular formula is C22H20N2O. The van der Waals surface area contributed by atoms with Crippen LogP contribution in [0.5, 0.6) is 0 Å². The van der Waals surface area contributed by atoms with E-state index in [-0.39, 0.29) is 5.92 Å². The van der Waals surface area contributed by atoms with Crippen molar-refractivity contribution in [2.75, 3.05) is 0 Å². The smallest absolute Gasteiger partial charge is 0.152 e. The van der Waals surface area contributed by atoms with Crippen LogP contribution in [0.3, 0.4) is 0 Å². The Bertz CT molecular complexity index is 1100. The molecule has 1 aliphatic rings. The summed E-state index contributed by atoms with van der Waals surface area (Å²) in [4.78, 5) is 18.9. The molecule has 2 heterocycles. The van der Waals surface area contributed by atoms with Crippen LogP contribution in [-0.2, 0) is 0 Å². The number of aldehydes is 1. The average Bonchev–Trinajstić information content (AvgIpc) is 3.27. The quantitative estimate of drug-likeness (QED) is 0.490. The van der Waals surface area contributed by atoms with Gasteiger partial charge in [0, 0.05) is 45.2 Å². The van der Waals surface area contributed by atoms with Gasteiger partial charge in [-0.3, -0.25) is 4.79 Å². The van der Waals surface area contributed by atoms with Crippen LogP contribution in [0, 0.1) is 12.8 Å². The Kier molecular flexibility index (Phi) is 3.11. The number of nitrogens with one attached hydrogen (secondary N) is 2. The van der Waals surface area contributed by atoms with E-state index in [0.29, 0.717) is 5.92 Å². The number of hydrogen-bond donors (Lipinski definition) is 2. The number of benzene rings is 2. The highest BCUT2D eigenvalue weighted by atomic mass is 16.1. The van der Waals surface area contributed by atoms with Crippen LogP contribution in [-0.4, -0.2) is 16.3 Å². The predicted molar refractivity (Wildman–Crippen MR) is 101 cm³/mol. The molecule has 25 heavy (non-hydrogen) atoms. The van der Waals surface area contributed by atoms with E-state index in [1.165, 1.54) is 29.4 Å². The van der Waals surface area contributed by atoms with E-state index in [1.807, 2.05) is 0 Å². The molecule has 1 fully saturated rings. The summed E-state index contributed by atoms with van der Waals surface area (Å²) in [7, 11) is 0. The highest BCUT2D eigenvalue weighted by molar-refractivity contribution is 6.00. The van der Waals surface area contributed by atoms with Crippen molar-refractivity contribution in [1.29, 1.82) is 0 Å². The minimum absolute atomic E-state index is 0.240. The van der Waals surface area contributed by atoms with E-state index >= 15 is 0 Å². The average molecular weight is 328 g/mol. The number of rotatable bonds is 4. The Morgan fingerprint density at radius 3 is 2.72 bits per heavy atom. The molecule has 0 saturated heterocycles. The highest BCUT2D eigenvalue weighted by Crippen LogP contribution is 2.49. The molecule has 2 aromatic carbocycles. The molecule has 2 aromatic heterocycles. The number of carbonyl (C=O) groups excluding carboxylic acids is 1. The molecule has 1 atom stereocenters. The van der Waals surface area contributed by atoms with Gasteiger partial charge in [-0.2, -0.15) is 0 Å². The number of aromatic amines is 2. The van der Waals surface area contributed by atoms with Gasteiger partial charge < -0.3 is 9.97 Å². The summed E-state index contributed by atoms with van der Waals surface area (Å²) in [6.45, 7) is 2.07. The van der Waals surface area contributed by atoms with Crippen molar-refractivity contribution < 1.29 is 4.79 Å². The lowest BCUT2D eigenvalue weighted by Gasteiger charge is -2.16. The lowest BCUT2D eigenvalue weighted by Crippen LogP contribution is -2.06. The second kappa shape index (κ2) is 5.35. The van der Waals surface area contributed by atoms with E-state index < -0.39 is 0 Å². The maximum absolute atomic E-state index is 12.0. The van der Waals surface area contributed by atoms with Crippen LogP contribution < -0.4 is 0 Å². The van der Waals surface area contributed by atoms with E-state index in [2.05, 4.69) is 65.6 Å². The topological polar surface area (TPSA) is 48.6 Å². The Balaban J connectivity index is 1.76. The van der Waals surface area contributed by atoms with Gasteiger partial charge >= 0.3 is 0 Å². The van der Waals surface area contributed by atoms with Gasteiger partial charge in [0.2, 0.25) is 0 Å². The molecule has 0 radical (unpaired) electrons. The first-order valence-electron chi connectivity index (χ1n) is 8.89. The molecule has 2 N–H and O–H groups in total. The van der Waals surface area contributed by atoms with Crippen LogP contribution in [0.15, 0.2) is 48.7 Å². The third-order valence-electron chi connectivity index (χ3n) is 5.50. The lowest BCUT2D eigenvalue weighted by atomic mass is 9.88. The summed E-state index contributed by atoms with van der Waals surface area (Å²) in [5.74, 6) is 0.844. The van der Waals surface area contributed by atoms with Crippen molar-refractivity contribution in [1.82, 2.24) is 9.97 Å². The molecule has 3 heteroatoms. The molecule has 4 aromatic rings. The summed E-state index contributed by atoms with van der Waals surface area (Å²) in [5, 5.41) is 2.29. The van der Waals surface area contributed by atoms with Gasteiger partial charge in [0.1, 0.15) is 0 Å². The van der Waals surface area contributed by atoms with Crippen molar-refractivity contribution in [3.05, 3.63) is 71.0 Å². The molecule has 5 rings (SSSR count). The summed E-state index contributed by atoms with van der Waals surface area (Å²) in [5.41, 5.74) is 6.57. The number of para-hydroxylation sites is 1. The van der Waals surface area contributed by atoms with Gasteiger partial charge in [-0.25, -0.2) is 0 Å². The lowest BCUT2D eigenvalue weighted by molar-refractivity contribution is 0.112. The van der Waals surface area contributed by atoms with Crippen molar-refractivity contribution in [2.24, 2.45) is 5.92 Å². The van der Waals surface area contributed by atoms with E-state index in [9.17, 15) is 4.79 Å². The summed E-state index contributed by atoms with van der Waals surface area (Å²) in [6, 6.07) is 14.7. The Morgan fingerprint density at radius 1 is 1.08 bits per heavy atom. The van der Waals surface area contributed by atoms with Gasteiger partial charge in [0.05, 0.1) is 0 Å². The summed E-state index contributed by atoms with van der Waals surface area (Å²) in [6.07, 6.45) is 5.59. The Labute approximate surface area is 146 Å². The van der Waals surface area contributed by atoms with Crippen molar-refractivity contribution in [3.8, 4) is 0 Å². The van der Waals surface area contributed by atoms with Crippen LogP contribution in [0.25, 0.3) is 21.8 Å². The zero-order valence-corrected chi connectivity index (χ0v) is 14.2. The monoisotopic (exact) mass is 328 g/mol. The van der Waals surface area contributed by atoms with Crippen LogP contribution in [0.1, 0.15) is 45.9 Å². The van der Waals surface area contributed by atoms with E-state index in [4.69, 9.17) is 0 Å². The number of hydrogen-bond acceptors (Lipinski definition) is 1. The van der Waals surface area contributed by atoms with Crippen molar-refractivity contribution >= 4 is 28.1 Å². The molecule has 0 spiro atoms. The van der Waals surface area contributed by atoms with Crippen molar-refractivity contribution in [3.63, 3.8) is 0 Å². The summed E-state index contributed by atoms with van der Waals surface area (Å²) >= 11 is 0. The van der Waals surface area contributed by atoms with Gasteiger partial charge in [-0.05, 0) is 49.4 Å². The van der Waals surface area contributed by atoms with Crippen LogP contribution >= 0.6 is 0 Å². The molecule has 1 saturated carbocycles. The van der Waals surface area contributed by atoms with E-state index in [0.717, 1.165) is 34.0 Å². The number of carbonyl (C=O) groups is 1. The first-order valence-corrected chi connectivity index (χ1v) is 8.89. The zero-order chi connectivity index (χ0) is 17.0. The van der Waals surface area contributed by atoms with Gasteiger partial charge in [0.25, 0.3) is 0 Å². The maximum atomic E-state index is 12.0. The standard InChI is InChI=1S/C22H20N2O/c1-13-6-9-20-16(10-13)18(12-25)22(24-20)21(14-7-8-14)17-11-23-19-5-3-2-4-15(17)19/h2-6,9-12,14,21,23-24H,7-8H2,1H3. The molecule has 0 aliphatic heterocycles. The Morgan fingerprint density at radius 2 is 1.92 bits per heavy atom. The van der Waals surface area contributed by atoms with Gasteiger partial charge in [0.15, 0.2) is 6.29 Å². The summed E-state index contributed by atoms with van der Waals surface area (Å²) < 4.78 is 0. The molecule has 0 amide bonds. The maximum Gasteiger partial charge on any atom is 0.152 e. The first kappa shape index (κ1) is 14.5. The van der Waals surface area contributed by atoms with Crippen molar-refractivity contribution in [2.45, 2.75) is 25.7 Å². The third-order valence-corrected chi connectivity index (χ3v) is 5.50. The third kappa shape index (κ3) is 2.23. The normalized spacial score (nSPS) is 15.7. The van der Waals surface area contributed by atoms with Gasteiger partial charge in [-0.15, -0.1) is 0 Å². The molecular weight excluding hydrogens is 308 g/mol. The second-order valence-corrected chi connectivity index (χ2v) is 7.22. The minimum atomic E-state index is 0.240. The fourth-order valence-electron chi connectivity index (χ4n) is 4.15. The van der Waals surface area contributed by atoms with E-state index in [1.54, 1.807) is 0 Å². The number of fused-ring (bicyclic) bond motifs is 2. The fourth-order valence-corrected chi connectivity index (χ4v) is 4.15. The number of aromatic nitrogens is 2. The molecule has 1 aliphatic carbocycles. The Hall–Kier alpha value is -2.81. The SMILES string of the molecule is Cc1ccc2[nH]c(C(c3c[nH]c4ccccc34)C3CC3)c(C=O)c2c1. The highest BCUT2D eigenvalue weighted by Gasteiger charge is 2.37.